The lowest BCUT2D eigenvalue weighted by atomic mass is 10.1. The summed E-state index contributed by atoms with van der Waals surface area (Å²) < 4.78 is 2.14. The molecule has 1 saturated carbocycles. The second-order valence-corrected chi connectivity index (χ2v) is 7.47. The third kappa shape index (κ3) is 3.80. The predicted octanol–water partition coefficient (Wildman–Crippen LogP) is 3.86. The van der Waals surface area contributed by atoms with Crippen molar-refractivity contribution in [1.82, 2.24) is 14.8 Å². The maximum absolute atomic E-state index is 12.4. The van der Waals surface area contributed by atoms with E-state index in [0.717, 1.165) is 29.6 Å². The molecule has 1 atom stereocenters. The molecule has 5 nitrogen and oxygen atoms in total. The van der Waals surface area contributed by atoms with Crippen molar-refractivity contribution in [3.8, 4) is 0 Å². The fraction of sp³-hybridized carbons (Fsp3) is 0.500. The monoisotopic (exact) mass is 344 g/mol. The molecule has 1 heterocycles. The minimum absolute atomic E-state index is 0.0112. The van der Waals surface area contributed by atoms with Crippen LogP contribution in [0.25, 0.3) is 0 Å². The van der Waals surface area contributed by atoms with Crippen LogP contribution in [0.4, 0.5) is 5.69 Å². The highest BCUT2D eigenvalue weighted by atomic mass is 32.2. The van der Waals surface area contributed by atoms with E-state index >= 15 is 0 Å². The van der Waals surface area contributed by atoms with Gasteiger partial charge in [-0.05, 0) is 50.8 Å². The van der Waals surface area contributed by atoms with Gasteiger partial charge in [0.25, 0.3) is 0 Å². The molecule has 1 aromatic carbocycles. The molecule has 24 heavy (non-hydrogen) atoms. The van der Waals surface area contributed by atoms with Gasteiger partial charge < -0.3 is 9.88 Å². The first-order valence-electron chi connectivity index (χ1n) is 8.61. The topological polar surface area (TPSA) is 59.8 Å². The van der Waals surface area contributed by atoms with Gasteiger partial charge >= 0.3 is 0 Å². The Bertz CT molecular complexity index is 706. The molecular formula is C18H24N4OS. The van der Waals surface area contributed by atoms with Crippen molar-refractivity contribution < 1.29 is 4.79 Å². The van der Waals surface area contributed by atoms with E-state index < -0.39 is 0 Å². The quantitative estimate of drug-likeness (QED) is 0.775. The molecule has 1 amide bonds. The third-order valence-corrected chi connectivity index (χ3v) is 5.37. The van der Waals surface area contributed by atoms with Gasteiger partial charge in [0.1, 0.15) is 5.82 Å². The molecule has 1 aliphatic rings. The largest absolute Gasteiger partial charge is 0.325 e. The smallest absolute Gasteiger partial charge is 0.237 e. The normalized spacial score (nSPS) is 15.3. The average molecular weight is 344 g/mol. The molecule has 3 rings (SSSR count). The average Bonchev–Trinajstić information content (AvgIpc) is 3.36. The highest BCUT2D eigenvalue weighted by Crippen LogP contribution is 2.40. The molecule has 6 heteroatoms. The Morgan fingerprint density at radius 3 is 2.58 bits per heavy atom. The molecule has 0 unspecified atom stereocenters. The predicted molar refractivity (Wildman–Crippen MR) is 97.4 cm³/mol. The molecule has 128 valence electrons. The minimum Gasteiger partial charge on any atom is -0.325 e. The Balaban J connectivity index is 1.63. The van der Waals surface area contributed by atoms with Crippen LogP contribution in [0.3, 0.4) is 0 Å². The molecule has 1 fully saturated rings. The van der Waals surface area contributed by atoms with Crippen molar-refractivity contribution in [1.29, 1.82) is 0 Å². The number of hydrogen-bond donors (Lipinski definition) is 1. The van der Waals surface area contributed by atoms with E-state index in [1.165, 1.54) is 30.2 Å². The van der Waals surface area contributed by atoms with Crippen molar-refractivity contribution >= 4 is 23.4 Å². The van der Waals surface area contributed by atoms with Crippen LogP contribution >= 0.6 is 11.8 Å². The highest BCUT2D eigenvalue weighted by molar-refractivity contribution is 8.00. The molecule has 0 aliphatic heterocycles. The van der Waals surface area contributed by atoms with E-state index in [0.29, 0.717) is 5.92 Å². The highest BCUT2D eigenvalue weighted by Gasteiger charge is 2.30. The van der Waals surface area contributed by atoms with Gasteiger partial charge in [-0.3, -0.25) is 4.79 Å². The number of benzene rings is 1. The molecule has 0 bridgehead atoms. The molecule has 0 saturated heterocycles. The number of carbonyl (C=O) groups is 1. The van der Waals surface area contributed by atoms with Crippen LogP contribution in [0, 0.1) is 0 Å². The number of hydrogen-bond acceptors (Lipinski definition) is 4. The minimum atomic E-state index is -0.225. The fourth-order valence-corrected chi connectivity index (χ4v) is 3.53. The fourth-order valence-electron chi connectivity index (χ4n) is 2.61. The second-order valence-electron chi connectivity index (χ2n) is 6.16. The molecule has 0 radical (unpaired) electrons. The van der Waals surface area contributed by atoms with Gasteiger partial charge in [0.15, 0.2) is 5.16 Å². The van der Waals surface area contributed by atoms with E-state index in [-0.39, 0.29) is 11.2 Å². The summed E-state index contributed by atoms with van der Waals surface area (Å²) in [7, 11) is 0. The summed E-state index contributed by atoms with van der Waals surface area (Å²) in [6.07, 6.45) is 3.40. The first-order valence-corrected chi connectivity index (χ1v) is 9.49. The number of nitrogens with zero attached hydrogens (tertiary/aromatic N) is 3. The first-order chi connectivity index (χ1) is 11.6. The number of aryl methyl sites for hydroxylation is 1. The Labute approximate surface area is 147 Å². The van der Waals surface area contributed by atoms with Crippen molar-refractivity contribution in [2.75, 3.05) is 5.32 Å². The molecule has 2 aromatic rings. The van der Waals surface area contributed by atoms with Crippen LogP contribution < -0.4 is 5.32 Å². The van der Waals surface area contributed by atoms with E-state index in [9.17, 15) is 4.79 Å². The van der Waals surface area contributed by atoms with Gasteiger partial charge in [-0.2, -0.15) is 0 Å². The Morgan fingerprint density at radius 1 is 1.29 bits per heavy atom. The molecule has 1 N–H and O–H groups in total. The zero-order valence-electron chi connectivity index (χ0n) is 14.5. The van der Waals surface area contributed by atoms with Crippen LogP contribution in [-0.4, -0.2) is 25.9 Å². The van der Waals surface area contributed by atoms with Crippen molar-refractivity contribution in [2.24, 2.45) is 0 Å². The van der Waals surface area contributed by atoms with Gasteiger partial charge in [-0.25, -0.2) is 0 Å². The Kier molecular flexibility index (Phi) is 5.23. The lowest BCUT2D eigenvalue weighted by Crippen LogP contribution is -2.23. The third-order valence-electron chi connectivity index (χ3n) is 4.29. The standard InChI is InChI=1S/C18H24N4OS/c1-4-13-6-10-15(11-7-13)19-17(23)12(3)24-18-21-20-16(14-8-9-14)22(18)5-2/h6-7,10-12,14H,4-5,8-9H2,1-3H3,(H,19,23)/t12-/m0/s1. The number of nitrogens with one attached hydrogen (secondary N) is 1. The summed E-state index contributed by atoms with van der Waals surface area (Å²) in [5.41, 5.74) is 2.10. The van der Waals surface area contributed by atoms with Crippen molar-refractivity contribution in [3.63, 3.8) is 0 Å². The van der Waals surface area contributed by atoms with Gasteiger partial charge in [-0.15, -0.1) is 10.2 Å². The number of amides is 1. The van der Waals surface area contributed by atoms with E-state index in [1.807, 2.05) is 31.2 Å². The van der Waals surface area contributed by atoms with Crippen LogP contribution in [0.2, 0.25) is 0 Å². The summed E-state index contributed by atoms with van der Waals surface area (Å²) >= 11 is 1.47. The summed E-state index contributed by atoms with van der Waals surface area (Å²) in [5.74, 6) is 1.62. The number of thioether (sulfide) groups is 1. The number of carbonyl (C=O) groups excluding carboxylic acids is 1. The van der Waals surface area contributed by atoms with E-state index in [1.54, 1.807) is 0 Å². The van der Waals surface area contributed by atoms with E-state index in [2.05, 4.69) is 33.9 Å². The number of aromatic nitrogens is 3. The summed E-state index contributed by atoms with van der Waals surface area (Å²) in [4.78, 5) is 12.4. The molecule has 1 aliphatic carbocycles. The Morgan fingerprint density at radius 2 is 2.00 bits per heavy atom. The SMILES string of the molecule is CCc1ccc(NC(=O)[C@H](C)Sc2nnc(C3CC3)n2CC)cc1. The van der Waals surface area contributed by atoms with Crippen LogP contribution in [0.5, 0.6) is 0 Å². The van der Waals surface area contributed by atoms with Crippen molar-refractivity contribution in [3.05, 3.63) is 35.7 Å². The van der Waals surface area contributed by atoms with Gasteiger partial charge in [-0.1, -0.05) is 30.8 Å². The van der Waals surface area contributed by atoms with E-state index in [4.69, 9.17) is 0 Å². The van der Waals surface area contributed by atoms with Gasteiger partial charge in [0.2, 0.25) is 5.91 Å². The van der Waals surface area contributed by atoms with Crippen LogP contribution in [0.15, 0.2) is 29.4 Å². The maximum Gasteiger partial charge on any atom is 0.237 e. The van der Waals surface area contributed by atoms with Crippen LogP contribution in [-0.2, 0) is 17.8 Å². The summed E-state index contributed by atoms with van der Waals surface area (Å²) in [5, 5.41) is 12.2. The molecule has 1 aromatic heterocycles. The number of rotatable bonds is 7. The lowest BCUT2D eigenvalue weighted by Gasteiger charge is -2.13. The summed E-state index contributed by atoms with van der Waals surface area (Å²) in [6, 6.07) is 7.99. The van der Waals surface area contributed by atoms with Gasteiger partial charge in [0, 0.05) is 18.2 Å². The maximum atomic E-state index is 12.4. The lowest BCUT2D eigenvalue weighted by molar-refractivity contribution is -0.115. The molecular weight excluding hydrogens is 320 g/mol. The molecule has 0 spiro atoms. The second kappa shape index (κ2) is 7.38. The zero-order chi connectivity index (χ0) is 17.1. The van der Waals surface area contributed by atoms with Crippen LogP contribution in [0.1, 0.15) is 50.9 Å². The number of anilines is 1. The first kappa shape index (κ1) is 17.0. The Hall–Kier alpha value is -1.82. The summed E-state index contributed by atoms with van der Waals surface area (Å²) in [6.45, 7) is 6.96. The van der Waals surface area contributed by atoms with Crippen molar-refractivity contribution in [2.45, 2.75) is 62.9 Å². The van der Waals surface area contributed by atoms with Gasteiger partial charge in [0.05, 0.1) is 5.25 Å². The zero-order valence-corrected chi connectivity index (χ0v) is 15.3.